The van der Waals surface area contributed by atoms with Crippen LogP contribution in [-0.2, 0) is 10.7 Å². The minimum Gasteiger partial charge on any atom is -0.170 e. The summed E-state index contributed by atoms with van der Waals surface area (Å²) in [6.07, 6.45) is 1.81. The molecule has 0 fully saturated rings. The van der Waals surface area contributed by atoms with Crippen LogP contribution in [0.15, 0.2) is 4.36 Å². The Bertz CT molecular complexity index is 117. The average molecular weight is 130 g/mol. The van der Waals surface area contributed by atoms with E-state index in [4.69, 9.17) is 5.26 Å². The van der Waals surface area contributed by atoms with Gasteiger partial charge in [-0.25, -0.2) is 0 Å². The minimum atomic E-state index is 0.0255. The molecule has 0 rings (SSSR count). The zero-order valence-electron chi connectivity index (χ0n) is 5.22. The van der Waals surface area contributed by atoms with Crippen LogP contribution in [0.4, 0.5) is 0 Å². The molecule has 2 nitrogen and oxygen atoms in total. The summed E-state index contributed by atoms with van der Waals surface area (Å²) < 4.78 is 3.69. The third kappa shape index (κ3) is 2.75. The van der Waals surface area contributed by atoms with Crippen molar-refractivity contribution in [3.05, 3.63) is 0 Å². The second-order valence-corrected chi connectivity index (χ2v) is 3.49. The number of nitriles is 1. The van der Waals surface area contributed by atoms with Gasteiger partial charge in [0.15, 0.2) is 0 Å². The Morgan fingerprint density at radius 1 is 1.50 bits per heavy atom. The molecular weight excluding hydrogens is 120 g/mol. The van der Waals surface area contributed by atoms with Gasteiger partial charge in [-0.05, 0) is 0 Å². The van der Waals surface area contributed by atoms with E-state index in [1.54, 1.807) is 6.19 Å². The van der Waals surface area contributed by atoms with Crippen molar-refractivity contribution in [1.29, 1.82) is 5.26 Å². The maximum absolute atomic E-state index is 8.09. The van der Waals surface area contributed by atoms with Gasteiger partial charge in [0.25, 0.3) is 0 Å². The van der Waals surface area contributed by atoms with Gasteiger partial charge >= 0.3 is 0 Å². The van der Waals surface area contributed by atoms with Crippen molar-refractivity contribution >= 4 is 10.7 Å². The molecule has 0 atom stereocenters. The Labute approximate surface area is 52.6 Å². The van der Waals surface area contributed by atoms with Gasteiger partial charge < -0.3 is 0 Å². The first-order chi connectivity index (χ1) is 3.85. The van der Waals surface area contributed by atoms with Crippen molar-refractivity contribution in [1.82, 2.24) is 0 Å². The lowest BCUT2D eigenvalue weighted by molar-refractivity contribution is 1.40. The molecule has 0 aromatic heterocycles. The predicted octanol–water partition coefficient (Wildman–Crippen LogP) is 1.31. The van der Waals surface area contributed by atoms with Gasteiger partial charge in [-0.15, -0.1) is 0 Å². The maximum atomic E-state index is 8.09. The molecule has 0 spiro atoms. The van der Waals surface area contributed by atoms with Gasteiger partial charge in [0.1, 0.15) is 0 Å². The van der Waals surface area contributed by atoms with Crippen LogP contribution in [0.5, 0.6) is 0 Å². The maximum Gasteiger partial charge on any atom is 0.212 e. The first-order valence-electron chi connectivity index (χ1n) is 2.62. The van der Waals surface area contributed by atoms with Crippen LogP contribution in [0.1, 0.15) is 13.8 Å². The fourth-order valence-electron chi connectivity index (χ4n) is 0.391. The highest BCUT2D eigenvalue weighted by atomic mass is 32.2. The summed E-state index contributed by atoms with van der Waals surface area (Å²) >= 11 is 0. The first-order valence-corrected chi connectivity index (χ1v) is 4.14. The molecule has 0 amide bonds. The van der Waals surface area contributed by atoms with Crippen molar-refractivity contribution in [2.75, 3.05) is 11.5 Å². The fourth-order valence-corrected chi connectivity index (χ4v) is 1.17. The Hall–Kier alpha value is -0.360. The van der Waals surface area contributed by atoms with E-state index < -0.39 is 0 Å². The van der Waals surface area contributed by atoms with E-state index in [-0.39, 0.29) is 10.7 Å². The number of nitrogens with zero attached hydrogens (tertiary/aromatic N) is 2. The van der Waals surface area contributed by atoms with E-state index in [1.807, 2.05) is 13.8 Å². The monoisotopic (exact) mass is 130 g/mol. The lowest BCUT2D eigenvalue weighted by Gasteiger charge is -1.92. The van der Waals surface area contributed by atoms with Crippen molar-refractivity contribution in [3.8, 4) is 6.19 Å². The topological polar surface area (TPSA) is 36.1 Å². The summed E-state index contributed by atoms with van der Waals surface area (Å²) in [5.41, 5.74) is 0. The molecule has 0 unspecified atom stereocenters. The second-order valence-electron chi connectivity index (χ2n) is 1.23. The average Bonchev–Trinajstić information content (AvgIpc) is 1.83. The molecule has 0 saturated heterocycles. The van der Waals surface area contributed by atoms with Gasteiger partial charge in [-0.1, -0.05) is 24.5 Å². The van der Waals surface area contributed by atoms with Gasteiger partial charge in [0.05, 0.1) is 0 Å². The van der Waals surface area contributed by atoms with Crippen molar-refractivity contribution in [3.63, 3.8) is 0 Å². The molecule has 3 heteroatoms. The van der Waals surface area contributed by atoms with Gasteiger partial charge in [0.2, 0.25) is 6.19 Å². The highest BCUT2D eigenvalue weighted by Crippen LogP contribution is 1.85. The molecule has 0 aromatic rings. The molecule has 0 aliphatic rings. The van der Waals surface area contributed by atoms with Crippen LogP contribution >= 0.6 is 0 Å². The lowest BCUT2D eigenvalue weighted by atomic mass is 11.0. The van der Waals surface area contributed by atoms with E-state index >= 15 is 0 Å². The molecule has 0 aliphatic heterocycles. The summed E-state index contributed by atoms with van der Waals surface area (Å²) in [5, 5.41) is 8.09. The summed E-state index contributed by atoms with van der Waals surface area (Å²) in [6.45, 7) is 4.10. The molecule has 0 aliphatic carbocycles. The van der Waals surface area contributed by atoms with Crippen molar-refractivity contribution in [2.24, 2.45) is 4.36 Å². The summed E-state index contributed by atoms with van der Waals surface area (Å²) in [6, 6.07) is 0. The standard InChI is InChI=1S/C5H10N2S/c1-3-8(4-2)7-5-6/h3-4H2,1-2H3. The number of hydrogen-bond acceptors (Lipinski definition) is 2. The van der Waals surface area contributed by atoms with Gasteiger partial charge in [-0.3, -0.25) is 0 Å². The summed E-state index contributed by atoms with van der Waals surface area (Å²) in [4.78, 5) is 0. The van der Waals surface area contributed by atoms with E-state index in [1.165, 1.54) is 0 Å². The third-order valence-corrected chi connectivity index (χ3v) is 2.51. The van der Waals surface area contributed by atoms with Crippen LogP contribution in [0.3, 0.4) is 0 Å². The molecule has 46 valence electrons. The Kier molecular flexibility index (Phi) is 4.58. The van der Waals surface area contributed by atoms with Crippen LogP contribution in [-0.4, -0.2) is 11.5 Å². The van der Waals surface area contributed by atoms with Crippen LogP contribution in [0, 0.1) is 11.5 Å². The Morgan fingerprint density at radius 3 is 2.12 bits per heavy atom. The zero-order chi connectivity index (χ0) is 6.41. The molecule has 0 saturated carbocycles. The summed E-state index contributed by atoms with van der Waals surface area (Å²) in [5.74, 6) is 2.01. The number of hydrogen-bond donors (Lipinski definition) is 0. The number of rotatable bonds is 2. The second kappa shape index (κ2) is 4.79. The molecule has 0 heterocycles. The van der Waals surface area contributed by atoms with Gasteiger partial charge in [0, 0.05) is 11.5 Å². The molecule has 0 radical (unpaired) electrons. The quantitative estimate of drug-likeness (QED) is 0.519. The molecule has 0 aromatic carbocycles. The van der Waals surface area contributed by atoms with Crippen molar-refractivity contribution in [2.45, 2.75) is 13.8 Å². The minimum absolute atomic E-state index is 0.0255. The van der Waals surface area contributed by atoms with E-state index in [0.717, 1.165) is 11.5 Å². The van der Waals surface area contributed by atoms with Crippen LogP contribution in [0.25, 0.3) is 0 Å². The van der Waals surface area contributed by atoms with Gasteiger partial charge in [-0.2, -0.15) is 9.62 Å². The van der Waals surface area contributed by atoms with Crippen LogP contribution < -0.4 is 0 Å². The molecule has 0 N–H and O–H groups in total. The molecular formula is C5H10N2S. The molecule has 8 heavy (non-hydrogen) atoms. The molecule has 0 bridgehead atoms. The highest BCUT2D eigenvalue weighted by molar-refractivity contribution is 7.87. The smallest absolute Gasteiger partial charge is 0.170 e. The highest BCUT2D eigenvalue weighted by Gasteiger charge is 1.84. The lowest BCUT2D eigenvalue weighted by Crippen LogP contribution is -1.93. The Morgan fingerprint density at radius 2 is 2.00 bits per heavy atom. The van der Waals surface area contributed by atoms with Crippen molar-refractivity contribution < 1.29 is 0 Å². The summed E-state index contributed by atoms with van der Waals surface area (Å²) in [7, 11) is 0.0255. The predicted molar refractivity (Wildman–Crippen MR) is 36.5 cm³/mol. The largest absolute Gasteiger partial charge is 0.212 e. The zero-order valence-corrected chi connectivity index (χ0v) is 6.03. The first kappa shape index (κ1) is 7.64. The van der Waals surface area contributed by atoms with E-state index in [0.29, 0.717) is 0 Å². The normalized spacial score (nSPS) is 8.75. The van der Waals surface area contributed by atoms with E-state index in [9.17, 15) is 0 Å². The van der Waals surface area contributed by atoms with E-state index in [2.05, 4.69) is 4.36 Å². The SMILES string of the molecule is CCS(CC)=NC#N. The Balaban J connectivity index is 3.72. The fraction of sp³-hybridized carbons (Fsp3) is 0.800. The third-order valence-electron chi connectivity index (χ3n) is 0.836. The van der Waals surface area contributed by atoms with Crippen LogP contribution in [0.2, 0.25) is 0 Å².